The number of ether oxygens (including phenoxy) is 1. The standard InChI is InChI=1S/C17H36N2O/c1-5-12-18-17(16-10-8-7-9-11-16)13-19(6-2)15(3)14-20-4/h15-18H,5-14H2,1-4H3. The molecule has 0 bridgehead atoms. The Hall–Kier alpha value is -0.120. The molecule has 1 aliphatic rings. The first kappa shape index (κ1) is 17.9. The van der Waals surface area contributed by atoms with Crippen LogP contribution in [-0.4, -0.2) is 50.3 Å². The molecule has 2 atom stereocenters. The Morgan fingerprint density at radius 2 is 1.90 bits per heavy atom. The van der Waals surface area contributed by atoms with Gasteiger partial charge in [-0.3, -0.25) is 4.90 Å². The predicted octanol–water partition coefficient (Wildman–Crippen LogP) is 3.29. The van der Waals surface area contributed by atoms with Gasteiger partial charge in [-0.15, -0.1) is 0 Å². The summed E-state index contributed by atoms with van der Waals surface area (Å²) < 4.78 is 5.33. The first-order chi connectivity index (χ1) is 9.72. The Morgan fingerprint density at radius 1 is 1.20 bits per heavy atom. The quantitative estimate of drug-likeness (QED) is 0.666. The van der Waals surface area contributed by atoms with Crippen LogP contribution in [0.3, 0.4) is 0 Å². The minimum absolute atomic E-state index is 0.513. The van der Waals surface area contributed by atoms with Crippen LogP contribution in [0.25, 0.3) is 0 Å². The van der Waals surface area contributed by atoms with E-state index in [2.05, 4.69) is 31.0 Å². The topological polar surface area (TPSA) is 24.5 Å². The molecule has 0 heterocycles. The van der Waals surface area contributed by atoms with Crippen LogP contribution < -0.4 is 5.32 Å². The van der Waals surface area contributed by atoms with Gasteiger partial charge in [0.2, 0.25) is 0 Å². The highest BCUT2D eigenvalue weighted by Gasteiger charge is 2.26. The van der Waals surface area contributed by atoms with Crippen molar-refractivity contribution in [1.82, 2.24) is 10.2 Å². The molecule has 0 spiro atoms. The largest absolute Gasteiger partial charge is 0.383 e. The van der Waals surface area contributed by atoms with Crippen molar-refractivity contribution in [2.24, 2.45) is 5.92 Å². The molecule has 0 aliphatic heterocycles. The van der Waals surface area contributed by atoms with Crippen molar-refractivity contribution in [3.05, 3.63) is 0 Å². The second-order valence-electron chi connectivity index (χ2n) is 6.35. The highest BCUT2D eigenvalue weighted by atomic mass is 16.5. The van der Waals surface area contributed by atoms with Gasteiger partial charge in [-0.05, 0) is 45.2 Å². The Bertz CT molecular complexity index is 229. The second-order valence-corrected chi connectivity index (χ2v) is 6.35. The van der Waals surface area contributed by atoms with Gasteiger partial charge in [-0.2, -0.15) is 0 Å². The van der Waals surface area contributed by atoms with Crippen molar-refractivity contribution in [3.63, 3.8) is 0 Å². The summed E-state index contributed by atoms with van der Waals surface area (Å²) in [4.78, 5) is 2.57. The molecule has 1 rings (SSSR count). The summed E-state index contributed by atoms with van der Waals surface area (Å²) in [5, 5.41) is 3.82. The van der Waals surface area contributed by atoms with Crippen molar-refractivity contribution < 1.29 is 4.74 Å². The second kappa shape index (κ2) is 10.6. The van der Waals surface area contributed by atoms with Gasteiger partial charge in [0.15, 0.2) is 0 Å². The van der Waals surface area contributed by atoms with Gasteiger partial charge in [0.05, 0.1) is 6.61 Å². The first-order valence-corrected chi connectivity index (χ1v) is 8.69. The first-order valence-electron chi connectivity index (χ1n) is 8.69. The number of hydrogen-bond acceptors (Lipinski definition) is 3. The van der Waals surface area contributed by atoms with Crippen LogP contribution in [0.4, 0.5) is 0 Å². The van der Waals surface area contributed by atoms with Crippen LogP contribution in [0.5, 0.6) is 0 Å². The lowest BCUT2D eigenvalue weighted by Crippen LogP contribution is -2.49. The highest BCUT2D eigenvalue weighted by Crippen LogP contribution is 2.27. The van der Waals surface area contributed by atoms with E-state index in [-0.39, 0.29) is 0 Å². The molecule has 0 aromatic rings. The number of nitrogens with zero attached hydrogens (tertiary/aromatic N) is 1. The molecule has 120 valence electrons. The Balaban J connectivity index is 2.56. The Kier molecular flexibility index (Phi) is 9.49. The average molecular weight is 284 g/mol. The van der Waals surface area contributed by atoms with Gasteiger partial charge < -0.3 is 10.1 Å². The molecule has 0 radical (unpaired) electrons. The maximum absolute atomic E-state index is 5.33. The van der Waals surface area contributed by atoms with Crippen LogP contribution in [0.1, 0.15) is 59.3 Å². The number of nitrogens with one attached hydrogen (secondary N) is 1. The summed E-state index contributed by atoms with van der Waals surface area (Å²) in [5.74, 6) is 0.874. The number of likely N-dealkylation sites (N-methyl/N-ethyl adjacent to an activating group) is 1. The van der Waals surface area contributed by atoms with Crippen LogP contribution in [-0.2, 0) is 4.74 Å². The molecule has 1 N–H and O–H groups in total. The lowest BCUT2D eigenvalue weighted by Gasteiger charge is -2.37. The van der Waals surface area contributed by atoms with Gasteiger partial charge in [0, 0.05) is 25.7 Å². The summed E-state index contributed by atoms with van der Waals surface area (Å²) >= 11 is 0. The fourth-order valence-electron chi connectivity index (χ4n) is 3.47. The van der Waals surface area contributed by atoms with E-state index in [0.717, 1.165) is 25.6 Å². The van der Waals surface area contributed by atoms with Gasteiger partial charge in [-0.25, -0.2) is 0 Å². The summed E-state index contributed by atoms with van der Waals surface area (Å²) in [6.07, 6.45) is 8.34. The third kappa shape index (κ3) is 6.11. The number of rotatable bonds is 10. The smallest absolute Gasteiger partial charge is 0.0615 e. The van der Waals surface area contributed by atoms with E-state index in [9.17, 15) is 0 Å². The zero-order valence-corrected chi connectivity index (χ0v) is 14.2. The predicted molar refractivity (Wildman–Crippen MR) is 87.2 cm³/mol. The van der Waals surface area contributed by atoms with E-state index in [1.165, 1.54) is 45.1 Å². The zero-order valence-electron chi connectivity index (χ0n) is 14.2. The summed E-state index contributed by atoms with van der Waals surface area (Å²) in [6.45, 7) is 11.1. The Labute approximate surface area is 126 Å². The van der Waals surface area contributed by atoms with Crippen molar-refractivity contribution in [3.8, 4) is 0 Å². The van der Waals surface area contributed by atoms with E-state index in [1.807, 2.05) is 0 Å². The molecule has 2 unspecified atom stereocenters. The van der Waals surface area contributed by atoms with Crippen LogP contribution in [0, 0.1) is 5.92 Å². The molecule has 0 amide bonds. The Morgan fingerprint density at radius 3 is 2.45 bits per heavy atom. The van der Waals surface area contributed by atoms with E-state index in [1.54, 1.807) is 7.11 Å². The van der Waals surface area contributed by atoms with E-state index < -0.39 is 0 Å². The molecule has 0 saturated heterocycles. The zero-order chi connectivity index (χ0) is 14.8. The van der Waals surface area contributed by atoms with E-state index in [0.29, 0.717) is 12.1 Å². The number of methoxy groups -OCH3 is 1. The molecule has 1 fully saturated rings. The SMILES string of the molecule is CCCNC(CN(CC)C(C)COC)C1CCCCC1. The van der Waals surface area contributed by atoms with Crippen molar-refractivity contribution >= 4 is 0 Å². The van der Waals surface area contributed by atoms with Crippen LogP contribution >= 0.6 is 0 Å². The average Bonchev–Trinajstić information content (AvgIpc) is 2.48. The summed E-state index contributed by atoms with van der Waals surface area (Å²) in [5.41, 5.74) is 0. The third-order valence-corrected chi connectivity index (χ3v) is 4.74. The molecular formula is C17H36N2O. The molecule has 0 aromatic carbocycles. The van der Waals surface area contributed by atoms with Gasteiger partial charge in [0.25, 0.3) is 0 Å². The molecular weight excluding hydrogens is 248 g/mol. The van der Waals surface area contributed by atoms with E-state index in [4.69, 9.17) is 4.74 Å². The molecule has 1 saturated carbocycles. The van der Waals surface area contributed by atoms with Crippen LogP contribution in [0.2, 0.25) is 0 Å². The van der Waals surface area contributed by atoms with Gasteiger partial charge >= 0.3 is 0 Å². The monoisotopic (exact) mass is 284 g/mol. The van der Waals surface area contributed by atoms with Crippen molar-refractivity contribution in [1.29, 1.82) is 0 Å². The van der Waals surface area contributed by atoms with Crippen molar-refractivity contribution in [2.45, 2.75) is 71.4 Å². The summed E-state index contributed by atoms with van der Waals surface area (Å²) in [6, 6.07) is 1.18. The highest BCUT2D eigenvalue weighted by molar-refractivity contribution is 4.83. The van der Waals surface area contributed by atoms with Gasteiger partial charge in [0.1, 0.15) is 0 Å². The maximum Gasteiger partial charge on any atom is 0.0615 e. The molecule has 1 aliphatic carbocycles. The van der Waals surface area contributed by atoms with Crippen molar-refractivity contribution in [2.75, 3.05) is 33.4 Å². The minimum Gasteiger partial charge on any atom is -0.383 e. The fraction of sp³-hybridized carbons (Fsp3) is 1.00. The molecule has 3 heteroatoms. The number of hydrogen-bond donors (Lipinski definition) is 1. The molecule has 3 nitrogen and oxygen atoms in total. The van der Waals surface area contributed by atoms with Gasteiger partial charge in [-0.1, -0.05) is 33.1 Å². The lowest BCUT2D eigenvalue weighted by atomic mass is 9.83. The molecule has 0 aromatic heterocycles. The normalized spacial score (nSPS) is 20.2. The third-order valence-electron chi connectivity index (χ3n) is 4.74. The van der Waals surface area contributed by atoms with E-state index >= 15 is 0 Å². The van der Waals surface area contributed by atoms with Crippen LogP contribution in [0.15, 0.2) is 0 Å². The fourth-order valence-corrected chi connectivity index (χ4v) is 3.47. The lowest BCUT2D eigenvalue weighted by molar-refractivity contribution is 0.0855. The summed E-state index contributed by atoms with van der Waals surface area (Å²) in [7, 11) is 1.80. The minimum atomic E-state index is 0.513. The maximum atomic E-state index is 5.33. The molecule has 20 heavy (non-hydrogen) atoms.